The second-order valence-electron chi connectivity index (χ2n) is 7.28. The molecular formula is C23H36O6. The van der Waals surface area contributed by atoms with Crippen molar-refractivity contribution in [1.29, 1.82) is 0 Å². The number of hydrogen-bond acceptors (Lipinski definition) is 6. The Morgan fingerprint density at radius 3 is 2.48 bits per heavy atom. The van der Waals surface area contributed by atoms with E-state index in [4.69, 9.17) is 14.2 Å². The van der Waals surface area contributed by atoms with Gasteiger partial charge in [-0.25, -0.2) is 0 Å². The van der Waals surface area contributed by atoms with Gasteiger partial charge in [0.25, 0.3) is 0 Å². The highest BCUT2D eigenvalue weighted by Crippen LogP contribution is 2.38. The standard InChI is InChI=1S/C23H36O6/c1-4-6-8-10-16-28-21(24)14-15-22(25)29-20-13-12-18(17-23(26)27-3)19(20)11-9-7-5-2/h6,8,18H,4-5,7,9-17H2,1-3H3/b8-6+. The van der Waals surface area contributed by atoms with Crippen LogP contribution in [0.2, 0.25) is 0 Å². The van der Waals surface area contributed by atoms with Gasteiger partial charge in [0, 0.05) is 6.42 Å². The van der Waals surface area contributed by atoms with Crippen LogP contribution in [0.1, 0.15) is 84.5 Å². The van der Waals surface area contributed by atoms with Crippen molar-refractivity contribution in [3.63, 3.8) is 0 Å². The van der Waals surface area contributed by atoms with Crippen molar-refractivity contribution < 1.29 is 28.6 Å². The molecule has 0 heterocycles. The summed E-state index contributed by atoms with van der Waals surface area (Å²) >= 11 is 0. The first-order valence-corrected chi connectivity index (χ1v) is 10.8. The fraction of sp³-hybridized carbons (Fsp3) is 0.696. The zero-order chi connectivity index (χ0) is 21.5. The van der Waals surface area contributed by atoms with E-state index in [1.807, 2.05) is 19.1 Å². The SMILES string of the molecule is CC/C=C/CCOC(=O)CCC(=O)OC1=C(CCCCC)C(CC(=O)OC)CC1. The molecule has 0 saturated heterocycles. The minimum atomic E-state index is -0.422. The summed E-state index contributed by atoms with van der Waals surface area (Å²) in [6.07, 6.45) is 11.4. The molecule has 1 rings (SSSR count). The molecule has 29 heavy (non-hydrogen) atoms. The average molecular weight is 409 g/mol. The van der Waals surface area contributed by atoms with Gasteiger partial charge in [0.2, 0.25) is 0 Å². The van der Waals surface area contributed by atoms with Crippen molar-refractivity contribution in [2.75, 3.05) is 13.7 Å². The maximum atomic E-state index is 12.2. The third-order valence-electron chi connectivity index (χ3n) is 4.98. The summed E-state index contributed by atoms with van der Waals surface area (Å²) < 4.78 is 15.5. The molecular weight excluding hydrogens is 372 g/mol. The topological polar surface area (TPSA) is 78.9 Å². The molecule has 0 radical (unpaired) electrons. The monoisotopic (exact) mass is 408 g/mol. The van der Waals surface area contributed by atoms with Gasteiger partial charge in [0.1, 0.15) is 5.76 Å². The highest BCUT2D eigenvalue weighted by Gasteiger charge is 2.29. The third kappa shape index (κ3) is 10.3. The molecule has 0 bridgehead atoms. The van der Waals surface area contributed by atoms with Crippen molar-refractivity contribution in [2.45, 2.75) is 84.5 Å². The fourth-order valence-electron chi connectivity index (χ4n) is 3.39. The summed E-state index contributed by atoms with van der Waals surface area (Å²) in [5.41, 5.74) is 1.06. The number of hydrogen-bond donors (Lipinski definition) is 0. The molecule has 0 fully saturated rings. The van der Waals surface area contributed by atoms with Gasteiger partial charge in [0.05, 0.1) is 33.0 Å². The summed E-state index contributed by atoms with van der Waals surface area (Å²) in [7, 11) is 1.39. The summed E-state index contributed by atoms with van der Waals surface area (Å²) in [5, 5.41) is 0. The number of ether oxygens (including phenoxy) is 3. The van der Waals surface area contributed by atoms with Gasteiger partial charge in [-0.2, -0.15) is 0 Å². The smallest absolute Gasteiger partial charge is 0.311 e. The van der Waals surface area contributed by atoms with Crippen LogP contribution in [-0.4, -0.2) is 31.6 Å². The van der Waals surface area contributed by atoms with E-state index in [-0.39, 0.29) is 30.7 Å². The van der Waals surface area contributed by atoms with Gasteiger partial charge in [-0.15, -0.1) is 0 Å². The molecule has 6 nitrogen and oxygen atoms in total. The van der Waals surface area contributed by atoms with Crippen LogP contribution in [0.5, 0.6) is 0 Å². The Morgan fingerprint density at radius 2 is 1.79 bits per heavy atom. The third-order valence-corrected chi connectivity index (χ3v) is 4.98. The number of methoxy groups -OCH3 is 1. The number of carbonyl (C=O) groups is 3. The number of carbonyl (C=O) groups excluding carboxylic acids is 3. The van der Waals surface area contributed by atoms with Gasteiger partial charge < -0.3 is 14.2 Å². The summed E-state index contributed by atoms with van der Waals surface area (Å²) in [5.74, 6) is -0.304. The van der Waals surface area contributed by atoms with E-state index in [1.54, 1.807) is 0 Å². The van der Waals surface area contributed by atoms with Gasteiger partial charge in [0.15, 0.2) is 0 Å². The van der Waals surface area contributed by atoms with Crippen LogP contribution in [-0.2, 0) is 28.6 Å². The van der Waals surface area contributed by atoms with Crippen molar-refractivity contribution in [3.8, 4) is 0 Å². The molecule has 1 unspecified atom stereocenters. The van der Waals surface area contributed by atoms with Crippen LogP contribution >= 0.6 is 0 Å². The van der Waals surface area contributed by atoms with Crippen LogP contribution in [0.3, 0.4) is 0 Å². The van der Waals surface area contributed by atoms with Crippen molar-refractivity contribution in [1.82, 2.24) is 0 Å². The molecule has 0 aliphatic heterocycles. The first-order chi connectivity index (χ1) is 14.0. The minimum absolute atomic E-state index is 0.00294. The zero-order valence-electron chi connectivity index (χ0n) is 18.2. The average Bonchev–Trinajstić information content (AvgIpc) is 3.07. The molecule has 1 atom stereocenters. The molecule has 0 aromatic carbocycles. The number of rotatable bonds is 14. The molecule has 164 valence electrons. The van der Waals surface area contributed by atoms with Crippen LogP contribution in [0, 0.1) is 5.92 Å². The van der Waals surface area contributed by atoms with E-state index >= 15 is 0 Å². The molecule has 1 aliphatic rings. The Kier molecular flexibility index (Phi) is 12.7. The van der Waals surface area contributed by atoms with Crippen LogP contribution in [0.25, 0.3) is 0 Å². The molecule has 0 spiro atoms. The molecule has 0 aromatic rings. The Hall–Kier alpha value is -2.11. The second-order valence-corrected chi connectivity index (χ2v) is 7.28. The summed E-state index contributed by atoms with van der Waals surface area (Å²) in [6.45, 7) is 4.50. The van der Waals surface area contributed by atoms with E-state index in [1.165, 1.54) is 7.11 Å². The lowest BCUT2D eigenvalue weighted by molar-refractivity contribution is -0.148. The zero-order valence-corrected chi connectivity index (χ0v) is 18.2. The first kappa shape index (κ1) is 24.9. The lowest BCUT2D eigenvalue weighted by atomic mass is 9.93. The molecule has 0 N–H and O–H groups in total. The van der Waals surface area contributed by atoms with E-state index < -0.39 is 5.97 Å². The Bertz CT molecular complexity index is 590. The first-order valence-electron chi connectivity index (χ1n) is 10.8. The van der Waals surface area contributed by atoms with Crippen molar-refractivity contribution in [2.24, 2.45) is 5.92 Å². The van der Waals surface area contributed by atoms with Crippen LogP contribution < -0.4 is 0 Å². The van der Waals surface area contributed by atoms with Gasteiger partial charge in [-0.1, -0.05) is 38.8 Å². The van der Waals surface area contributed by atoms with E-state index in [9.17, 15) is 14.4 Å². The minimum Gasteiger partial charge on any atom is -0.469 e. The molecule has 6 heteroatoms. The van der Waals surface area contributed by atoms with Crippen molar-refractivity contribution >= 4 is 17.9 Å². The van der Waals surface area contributed by atoms with Gasteiger partial charge >= 0.3 is 17.9 Å². The maximum Gasteiger partial charge on any atom is 0.311 e. The Morgan fingerprint density at radius 1 is 1.03 bits per heavy atom. The molecule has 0 saturated carbocycles. The number of esters is 3. The van der Waals surface area contributed by atoms with Gasteiger partial charge in [-0.05, 0) is 43.6 Å². The number of unbranched alkanes of at least 4 members (excludes halogenated alkanes) is 2. The second kappa shape index (κ2) is 14.8. The Labute approximate surface area is 174 Å². The predicted octanol–water partition coefficient (Wildman–Crippen LogP) is 5.02. The largest absolute Gasteiger partial charge is 0.469 e. The van der Waals surface area contributed by atoms with E-state index in [0.29, 0.717) is 31.6 Å². The Balaban J connectivity index is 2.52. The summed E-state index contributed by atoms with van der Waals surface area (Å²) in [6, 6.07) is 0. The highest BCUT2D eigenvalue weighted by molar-refractivity contribution is 5.78. The van der Waals surface area contributed by atoms with E-state index in [0.717, 1.165) is 44.1 Å². The molecule has 0 aromatic heterocycles. The number of allylic oxidation sites excluding steroid dienone is 3. The maximum absolute atomic E-state index is 12.2. The highest BCUT2D eigenvalue weighted by atomic mass is 16.5. The predicted molar refractivity (Wildman–Crippen MR) is 111 cm³/mol. The van der Waals surface area contributed by atoms with Crippen molar-refractivity contribution in [3.05, 3.63) is 23.5 Å². The lowest BCUT2D eigenvalue weighted by Crippen LogP contribution is -2.12. The summed E-state index contributed by atoms with van der Waals surface area (Å²) in [4.78, 5) is 35.6. The van der Waals surface area contributed by atoms with Gasteiger partial charge in [-0.3, -0.25) is 14.4 Å². The van der Waals surface area contributed by atoms with E-state index in [2.05, 4.69) is 6.92 Å². The fourth-order valence-corrected chi connectivity index (χ4v) is 3.39. The van der Waals surface area contributed by atoms with Crippen LogP contribution in [0.15, 0.2) is 23.5 Å². The molecule has 1 aliphatic carbocycles. The van der Waals surface area contributed by atoms with Crippen LogP contribution in [0.4, 0.5) is 0 Å². The lowest BCUT2D eigenvalue weighted by Gasteiger charge is -2.14. The quantitative estimate of drug-likeness (QED) is 0.174. The normalized spacial score (nSPS) is 16.3. The molecule has 0 amide bonds.